The van der Waals surface area contributed by atoms with Crippen molar-refractivity contribution in [1.82, 2.24) is 5.32 Å². The molecule has 2 nitrogen and oxygen atoms in total. The van der Waals surface area contributed by atoms with Gasteiger partial charge in [0, 0.05) is 6.04 Å². The molecule has 90 valence electrons. The summed E-state index contributed by atoms with van der Waals surface area (Å²) in [5.74, 6) is -1.63. The van der Waals surface area contributed by atoms with E-state index < -0.39 is 11.6 Å². The zero-order chi connectivity index (χ0) is 12.0. The summed E-state index contributed by atoms with van der Waals surface area (Å²) in [6, 6.07) is 3.75. The molecule has 0 aromatic heterocycles. The summed E-state index contributed by atoms with van der Waals surface area (Å²) in [5, 5.41) is 3.17. The van der Waals surface area contributed by atoms with Gasteiger partial charge in [0.15, 0.2) is 17.4 Å². The number of hydrogen-bond donors (Lipinski definition) is 1. The van der Waals surface area contributed by atoms with Crippen LogP contribution in [0.25, 0.3) is 0 Å². The molecule has 0 heterocycles. The Bertz CT molecular complexity index is 311. The maximum absolute atomic E-state index is 13.2. The number of ether oxygens (including phenoxy) is 1. The molecule has 0 aliphatic carbocycles. The molecule has 0 radical (unpaired) electrons. The monoisotopic (exact) mass is 229 g/mol. The van der Waals surface area contributed by atoms with Crippen molar-refractivity contribution in [2.75, 3.05) is 13.2 Å². The van der Waals surface area contributed by atoms with Gasteiger partial charge < -0.3 is 10.1 Å². The van der Waals surface area contributed by atoms with Crippen molar-refractivity contribution in [3.8, 4) is 5.75 Å². The van der Waals surface area contributed by atoms with E-state index in [2.05, 4.69) is 12.2 Å². The Hall–Kier alpha value is -1.16. The molecule has 1 N–H and O–H groups in total. The fourth-order valence-electron chi connectivity index (χ4n) is 1.28. The molecule has 0 spiro atoms. The van der Waals surface area contributed by atoms with Crippen molar-refractivity contribution in [2.45, 2.75) is 26.3 Å². The molecule has 0 aliphatic heterocycles. The highest BCUT2D eigenvalue weighted by Gasteiger charge is 2.10. The maximum Gasteiger partial charge on any atom is 0.190 e. The molecular formula is C12H17F2NO. The Morgan fingerprint density at radius 2 is 1.94 bits per heavy atom. The Morgan fingerprint density at radius 3 is 2.50 bits per heavy atom. The van der Waals surface area contributed by atoms with E-state index in [1.54, 1.807) is 0 Å². The predicted molar refractivity (Wildman–Crippen MR) is 59.6 cm³/mol. The fourth-order valence-corrected chi connectivity index (χ4v) is 1.28. The number of rotatable bonds is 6. The molecule has 4 heteroatoms. The molecule has 0 amide bonds. The van der Waals surface area contributed by atoms with Crippen LogP contribution in [-0.2, 0) is 0 Å². The third-order valence-electron chi connectivity index (χ3n) is 2.14. The van der Waals surface area contributed by atoms with E-state index >= 15 is 0 Å². The Labute approximate surface area is 94.6 Å². The van der Waals surface area contributed by atoms with Gasteiger partial charge in [0.05, 0.1) is 0 Å². The third kappa shape index (κ3) is 3.77. The highest BCUT2D eigenvalue weighted by Crippen LogP contribution is 2.20. The van der Waals surface area contributed by atoms with Gasteiger partial charge in [-0.2, -0.15) is 0 Å². The molecule has 1 aromatic rings. The van der Waals surface area contributed by atoms with E-state index in [1.807, 2.05) is 6.92 Å². The lowest BCUT2D eigenvalue weighted by atomic mass is 10.3. The molecule has 1 aromatic carbocycles. The largest absolute Gasteiger partial charge is 0.486 e. The second kappa shape index (κ2) is 6.43. The van der Waals surface area contributed by atoms with E-state index in [1.165, 1.54) is 18.2 Å². The quantitative estimate of drug-likeness (QED) is 0.809. The number of halogens is 2. The maximum atomic E-state index is 13.2. The zero-order valence-corrected chi connectivity index (χ0v) is 9.59. The highest BCUT2D eigenvalue weighted by molar-refractivity contribution is 5.25. The SMILES string of the molecule is CCCNC(C)COc1c(F)cccc1F. The van der Waals surface area contributed by atoms with Crippen LogP contribution in [0.3, 0.4) is 0 Å². The predicted octanol–water partition coefficient (Wildman–Crippen LogP) is 2.73. The van der Waals surface area contributed by atoms with Gasteiger partial charge >= 0.3 is 0 Å². The molecule has 0 saturated carbocycles. The summed E-state index contributed by atoms with van der Waals surface area (Å²) < 4.78 is 31.4. The first kappa shape index (κ1) is 12.9. The minimum absolute atomic E-state index is 0.0685. The van der Waals surface area contributed by atoms with Gasteiger partial charge in [-0.3, -0.25) is 0 Å². The lowest BCUT2D eigenvalue weighted by Crippen LogP contribution is -2.32. The number of benzene rings is 1. The van der Waals surface area contributed by atoms with E-state index in [0.29, 0.717) is 0 Å². The van der Waals surface area contributed by atoms with Crippen LogP contribution in [0.4, 0.5) is 8.78 Å². The van der Waals surface area contributed by atoms with Crippen LogP contribution in [0.1, 0.15) is 20.3 Å². The number of para-hydroxylation sites is 1. The molecule has 0 fully saturated rings. The van der Waals surface area contributed by atoms with Gasteiger partial charge in [-0.25, -0.2) is 8.78 Å². The Kier molecular flexibility index (Phi) is 5.19. The van der Waals surface area contributed by atoms with Gasteiger partial charge in [-0.05, 0) is 32.0 Å². The minimum Gasteiger partial charge on any atom is -0.486 e. The Morgan fingerprint density at radius 1 is 1.31 bits per heavy atom. The average molecular weight is 229 g/mol. The summed E-state index contributed by atoms with van der Waals surface area (Å²) in [7, 11) is 0. The second-order valence-corrected chi connectivity index (χ2v) is 3.72. The van der Waals surface area contributed by atoms with E-state index in [-0.39, 0.29) is 18.4 Å². The third-order valence-corrected chi connectivity index (χ3v) is 2.14. The molecule has 0 bridgehead atoms. The first-order valence-corrected chi connectivity index (χ1v) is 5.45. The first-order chi connectivity index (χ1) is 7.65. The van der Waals surface area contributed by atoms with Crippen LogP contribution in [-0.4, -0.2) is 19.2 Å². The second-order valence-electron chi connectivity index (χ2n) is 3.72. The molecule has 1 atom stereocenters. The molecule has 0 aliphatic rings. The molecule has 1 rings (SSSR count). The average Bonchev–Trinajstić information content (AvgIpc) is 2.25. The normalized spacial score (nSPS) is 12.5. The van der Waals surface area contributed by atoms with E-state index in [4.69, 9.17) is 4.74 Å². The van der Waals surface area contributed by atoms with Crippen LogP contribution in [0.5, 0.6) is 5.75 Å². The van der Waals surface area contributed by atoms with Crippen molar-refractivity contribution in [1.29, 1.82) is 0 Å². The molecule has 16 heavy (non-hydrogen) atoms. The lowest BCUT2D eigenvalue weighted by molar-refractivity contribution is 0.250. The summed E-state index contributed by atoms with van der Waals surface area (Å²) in [4.78, 5) is 0. The van der Waals surface area contributed by atoms with Crippen molar-refractivity contribution in [2.24, 2.45) is 0 Å². The van der Waals surface area contributed by atoms with Crippen LogP contribution in [0, 0.1) is 11.6 Å². The van der Waals surface area contributed by atoms with E-state index in [9.17, 15) is 8.78 Å². The Balaban J connectivity index is 2.48. The molecule has 1 unspecified atom stereocenters. The molecule has 0 saturated heterocycles. The van der Waals surface area contributed by atoms with Gasteiger partial charge in [0.25, 0.3) is 0 Å². The number of nitrogens with one attached hydrogen (secondary N) is 1. The van der Waals surface area contributed by atoms with Crippen LogP contribution < -0.4 is 10.1 Å². The van der Waals surface area contributed by atoms with E-state index in [0.717, 1.165) is 13.0 Å². The van der Waals surface area contributed by atoms with Crippen LogP contribution in [0.15, 0.2) is 18.2 Å². The van der Waals surface area contributed by atoms with Crippen molar-refractivity contribution in [3.63, 3.8) is 0 Å². The highest BCUT2D eigenvalue weighted by atomic mass is 19.1. The topological polar surface area (TPSA) is 21.3 Å². The first-order valence-electron chi connectivity index (χ1n) is 5.45. The van der Waals surface area contributed by atoms with Crippen molar-refractivity contribution in [3.05, 3.63) is 29.8 Å². The van der Waals surface area contributed by atoms with Crippen molar-refractivity contribution < 1.29 is 13.5 Å². The summed E-state index contributed by atoms with van der Waals surface area (Å²) >= 11 is 0. The van der Waals surface area contributed by atoms with Gasteiger partial charge in [-0.1, -0.05) is 13.0 Å². The standard InChI is InChI=1S/C12H17F2NO/c1-3-7-15-9(2)8-16-12-10(13)5-4-6-11(12)14/h4-6,9,15H,3,7-8H2,1-2H3. The van der Waals surface area contributed by atoms with Crippen LogP contribution in [0.2, 0.25) is 0 Å². The van der Waals surface area contributed by atoms with Crippen molar-refractivity contribution >= 4 is 0 Å². The lowest BCUT2D eigenvalue weighted by Gasteiger charge is -2.15. The zero-order valence-electron chi connectivity index (χ0n) is 9.59. The number of hydrogen-bond acceptors (Lipinski definition) is 2. The summed E-state index contributed by atoms with van der Waals surface area (Å²) in [5.41, 5.74) is 0. The summed E-state index contributed by atoms with van der Waals surface area (Å²) in [6.45, 7) is 5.08. The van der Waals surface area contributed by atoms with Gasteiger partial charge in [0.1, 0.15) is 6.61 Å². The summed E-state index contributed by atoms with van der Waals surface area (Å²) in [6.07, 6.45) is 1.01. The smallest absolute Gasteiger partial charge is 0.190 e. The fraction of sp³-hybridized carbons (Fsp3) is 0.500. The van der Waals surface area contributed by atoms with Gasteiger partial charge in [0.2, 0.25) is 0 Å². The van der Waals surface area contributed by atoms with Crippen LogP contribution >= 0.6 is 0 Å². The minimum atomic E-state index is -0.664. The van der Waals surface area contributed by atoms with Gasteiger partial charge in [-0.15, -0.1) is 0 Å². The molecular weight excluding hydrogens is 212 g/mol.